The highest BCUT2D eigenvalue weighted by atomic mass is 16.3. The summed E-state index contributed by atoms with van der Waals surface area (Å²) in [5, 5.41) is 13.2. The van der Waals surface area contributed by atoms with Gasteiger partial charge in [-0.2, -0.15) is 0 Å². The summed E-state index contributed by atoms with van der Waals surface area (Å²) in [5.41, 5.74) is -0.276. The van der Waals surface area contributed by atoms with Crippen molar-refractivity contribution in [3.05, 3.63) is 39.5 Å². The summed E-state index contributed by atoms with van der Waals surface area (Å²) in [6.07, 6.45) is 5.40. The van der Waals surface area contributed by atoms with E-state index in [1.54, 1.807) is 18.2 Å². The number of pyridine rings is 1. The first-order valence-corrected chi connectivity index (χ1v) is 7.38. The topological polar surface area (TPSA) is 71.7 Å². The molecule has 0 saturated heterocycles. The number of rotatable bonds is 7. The van der Waals surface area contributed by atoms with E-state index < -0.39 is 11.2 Å². The molecule has 2 rings (SSSR count). The van der Waals surface area contributed by atoms with Gasteiger partial charge in [-0.3, -0.25) is 4.79 Å². The van der Waals surface area contributed by atoms with Crippen molar-refractivity contribution in [1.82, 2.24) is 4.57 Å². The minimum atomic E-state index is -0.517. The zero-order chi connectivity index (χ0) is 15.2. The summed E-state index contributed by atoms with van der Waals surface area (Å²) >= 11 is 0. The predicted octanol–water partition coefficient (Wildman–Crippen LogP) is 4.08. The molecule has 2 aromatic rings. The number of hydrogen-bond donors (Lipinski definition) is 1. The van der Waals surface area contributed by atoms with Crippen molar-refractivity contribution in [1.29, 1.82) is 0 Å². The van der Waals surface area contributed by atoms with Crippen molar-refractivity contribution in [2.75, 3.05) is 0 Å². The lowest BCUT2D eigenvalue weighted by molar-refractivity contribution is 0.479. The van der Waals surface area contributed by atoms with Crippen molar-refractivity contribution in [2.24, 2.45) is 5.18 Å². The highest BCUT2D eigenvalue weighted by Crippen LogP contribution is 2.31. The van der Waals surface area contributed by atoms with Crippen LogP contribution in [0.5, 0.6) is 5.75 Å². The fourth-order valence-electron chi connectivity index (χ4n) is 2.55. The highest BCUT2D eigenvalue weighted by Gasteiger charge is 2.16. The summed E-state index contributed by atoms with van der Waals surface area (Å²) in [5.74, 6) is -0.326. The van der Waals surface area contributed by atoms with E-state index in [2.05, 4.69) is 12.1 Å². The molecule has 1 aromatic carbocycles. The SMILES string of the molecule is CCCCCCCn1c(=O)c(N=O)c(O)c2ccccc21. The van der Waals surface area contributed by atoms with E-state index in [9.17, 15) is 14.8 Å². The van der Waals surface area contributed by atoms with Crippen LogP contribution in [0.1, 0.15) is 39.0 Å². The minimum absolute atomic E-state index is 0.326. The van der Waals surface area contributed by atoms with Crippen LogP contribution in [-0.4, -0.2) is 9.67 Å². The van der Waals surface area contributed by atoms with Gasteiger partial charge in [-0.05, 0) is 23.7 Å². The molecule has 1 aromatic heterocycles. The van der Waals surface area contributed by atoms with Crippen LogP contribution in [-0.2, 0) is 6.54 Å². The molecule has 21 heavy (non-hydrogen) atoms. The Bertz CT molecular complexity index is 692. The number of aryl methyl sites for hydroxylation is 1. The third-order valence-corrected chi connectivity index (χ3v) is 3.70. The zero-order valence-electron chi connectivity index (χ0n) is 12.2. The Morgan fingerprint density at radius 1 is 1.14 bits per heavy atom. The molecule has 0 aliphatic heterocycles. The predicted molar refractivity (Wildman–Crippen MR) is 84.1 cm³/mol. The largest absolute Gasteiger partial charge is 0.505 e. The third-order valence-electron chi connectivity index (χ3n) is 3.70. The number of hydrogen-bond acceptors (Lipinski definition) is 4. The molecule has 0 fully saturated rings. The van der Waals surface area contributed by atoms with Crippen LogP contribution in [0.3, 0.4) is 0 Å². The first-order chi connectivity index (χ1) is 10.2. The molecule has 0 saturated carbocycles. The van der Waals surface area contributed by atoms with Gasteiger partial charge in [0.25, 0.3) is 5.56 Å². The molecular formula is C16H20N2O3. The van der Waals surface area contributed by atoms with E-state index >= 15 is 0 Å². The molecular weight excluding hydrogens is 268 g/mol. The Balaban J connectivity index is 2.37. The molecule has 0 spiro atoms. The van der Waals surface area contributed by atoms with Crippen LogP contribution in [0.25, 0.3) is 10.9 Å². The normalized spacial score (nSPS) is 10.9. The molecule has 1 heterocycles. The molecule has 0 radical (unpaired) electrons. The number of nitroso groups, excluding NO2 is 1. The fraction of sp³-hybridized carbons (Fsp3) is 0.438. The average molecular weight is 288 g/mol. The van der Waals surface area contributed by atoms with Gasteiger partial charge in [0, 0.05) is 11.9 Å². The summed E-state index contributed by atoms with van der Waals surface area (Å²) < 4.78 is 1.54. The molecule has 0 unspecified atom stereocenters. The zero-order valence-corrected chi connectivity index (χ0v) is 12.2. The quantitative estimate of drug-likeness (QED) is 0.616. The smallest absolute Gasteiger partial charge is 0.284 e. The van der Waals surface area contributed by atoms with Crippen LogP contribution in [0.4, 0.5) is 5.69 Å². The molecule has 0 atom stereocenters. The highest BCUT2D eigenvalue weighted by molar-refractivity contribution is 5.89. The number of para-hydroxylation sites is 1. The van der Waals surface area contributed by atoms with E-state index in [1.807, 2.05) is 6.07 Å². The van der Waals surface area contributed by atoms with Crippen LogP contribution in [0.2, 0.25) is 0 Å². The van der Waals surface area contributed by atoms with Gasteiger partial charge < -0.3 is 9.67 Å². The second-order valence-electron chi connectivity index (χ2n) is 5.18. The summed E-state index contributed by atoms with van der Waals surface area (Å²) in [6, 6.07) is 7.03. The summed E-state index contributed by atoms with van der Waals surface area (Å²) in [6.45, 7) is 2.69. The van der Waals surface area contributed by atoms with E-state index in [0.29, 0.717) is 17.4 Å². The van der Waals surface area contributed by atoms with Crippen molar-refractivity contribution in [3.63, 3.8) is 0 Å². The van der Waals surface area contributed by atoms with Crippen molar-refractivity contribution >= 4 is 16.6 Å². The van der Waals surface area contributed by atoms with Crippen LogP contribution in [0.15, 0.2) is 34.2 Å². The van der Waals surface area contributed by atoms with Gasteiger partial charge in [0.05, 0.1) is 5.52 Å². The lowest BCUT2D eigenvalue weighted by Gasteiger charge is -2.12. The van der Waals surface area contributed by atoms with Crippen LogP contribution in [0, 0.1) is 4.91 Å². The van der Waals surface area contributed by atoms with E-state index in [4.69, 9.17) is 0 Å². The maximum absolute atomic E-state index is 12.3. The maximum atomic E-state index is 12.3. The van der Waals surface area contributed by atoms with Crippen molar-refractivity contribution in [3.8, 4) is 5.75 Å². The summed E-state index contributed by atoms with van der Waals surface area (Å²) in [4.78, 5) is 23.1. The number of unbranched alkanes of at least 4 members (excludes halogenated alkanes) is 4. The van der Waals surface area contributed by atoms with E-state index in [0.717, 1.165) is 19.3 Å². The minimum Gasteiger partial charge on any atom is -0.505 e. The van der Waals surface area contributed by atoms with Gasteiger partial charge in [-0.1, -0.05) is 44.7 Å². The first kappa shape index (κ1) is 15.2. The van der Waals surface area contributed by atoms with Crippen LogP contribution >= 0.6 is 0 Å². The standard InChI is InChI=1S/C16H20N2O3/c1-2-3-4-5-8-11-18-13-10-7-6-9-12(13)15(19)14(17-21)16(18)20/h6-7,9-10,19H,2-5,8,11H2,1H3. The number of fused-ring (bicyclic) bond motifs is 1. The monoisotopic (exact) mass is 288 g/mol. The van der Waals surface area contributed by atoms with Gasteiger partial charge in [-0.25, -0.2) is 0 Å². The molecule has 0 bridgehead atoms. The maximum Gasteiger partial charge on any atom is 0.284 e. The Kier molecular flexibility index (Phi) is 5.09. The second kappa shape index (κ2) is 7.02. The van der Waals surface area contributed by atoms with Gasteiger partial charge >= 0.3 is 0 Å². The molecule has 0 amide bonds. The molecule has 5 heteroatoms. The van der Waals surface area contributed by atoms with Gasteiger partial charge in [-0.15, -0.1) is 4.91 Å². The Morgan fingerprint density at radius 2 is 1.86 bits per heavy atom. The number of aromatic nitrogens is 1. The Morgan fingerprint density at radius 3 is 2.57 bits per heavy atom. The van der Waals surface area contributed by atoms with Gasteiger partial charge in [0.15, 0.2) is 5.75 Å². The molecule has 0 aliphatic rings. The lowest BCUT2D eigenvalue weighted by atomic mass is 10.1. The van der Waals surface area contributed by atoms with Crippen LogP contribution < -0.4 is 5.56 Å². The molecule has 5 nitrogen and oxygen atoms in total. The second-order valence-corrected chi connectivity index (χ2v) is 5.18. The number of benzene rings is 1. The average Bonchev–Trinajstić information content (AvgIpc) is 2.50. The first-order valence-electron chi connectivity index (χ1n) is 7.38. The lowest BCUT2D eigenvalue weighted by Crippen LogP contribution is -2.20. The molecule has 1 N–H and O–H groups in total. The number of aromatic hydroxyl groups is 1. The van der Waals surface area contributed by atoms with E-state index in [1.165, 1.54) is 17.4 Å². The van der Waals surface area contributed by atoms with Gasteiger partial charge in [0.2, 0.25) is 5.69 Å². The van der Waals surface area contributed by atoms with Crippen molar-refractivity contribution in [2.45, 2.75) is 45.6 Å². The van der Waals surface area contributed by atoms with E-state index in [-0.39, 0.29) is 5.75 Å². The third kappa shape index (κ3) is 3.12. The Hall–Kier alpha value is -2.17. The number of nitrogens with zero attached hydrogens (tertiary/aromatic N) is 2. The van der Waals surface area contributed by atoms with Gasteiger partial charge in [0.1, 0.15) is 0 Å². The molecule has 112 valence electrons. The fourth-order valence-corrected chi connectivity index (χ4v) is 2.55. The Labute approximate surface area is 123 Å². The molecule has 0 aliphatic carbocycles. The van der Waals surface area contributed by atoms with Crippen molar-refractivity contribution < 1.29 is 5.11 Å². The summed E-state index contributed by atoms with van der Waals surface area (Å²) in [7, 11) is 0.